The molecule has 10 heteroatoms. The lowest BCUT2D eigenvalue weighted by Crippen LogP contribution is -2.37. The van der Waals surface area contributed by atoms with Crippen LogP contribution in [0.4, 0.5) is 10.6 Å². The van der Waals surface area contributed by atoms with E-state index in [1.165, 1.54) is 4.90 Å². The number of ether oxygens (including phenoxy) is 2. The minimum atomic E-state index is -0.992. The fourth-order valence-electron chi connectivity index (χ4n) is 3.63. The predicted octanol–water partition coefficient (Wildman–Crippen LogP) is 2.03. The van der Waals surface area contributed by atoms with Crippen molar-refractivity contribution in [3.8, 4) is 17.0 Å². The van der Waals surface area contributed by atoms with Crippen LogP contribution in [0.1, 0.15) is 12.2 Å². The topological polar surface area (TPSA) is 128 Å². The number of carboxylic acid groups (broad SMARTS) is 1. The molecule has 4 rings (SSSR count). The number of fused-ring (bicyclic) bond motifs is 1. The number of aryl methyl sites for hydroxylation is 1. The van der Waals surface area contributed by atoms with Crippen LogP contribution in [0.5, 0.6) is 5.88 Å². The number of nitrogen functional groups attached to an aromatic ring is 1. The smallest absolute Gasteiger partial charge is 0.407 e. The SMILES string of the molecule is COC[C@@H]1C[C@H](Oc2noc(C)c2-c2ccn3nc(N)cc3c2)CN1C(=O)O. The second-order valence-electron chi connectivity index (χ2n) is 6.79. The van der Waals surface area contributed by atoms with Crippen molar-refractivity contribution in [2.75, 3.05) is 26.0 Å². The first-order chi connectivity index (χ1) is 13.5. The van der Waals surface area contributed by atoms with Gasteiger partial charge in [0.2, 0.25) is 0 Å². The van der Waals surface area contributed by atoms with Gasteiger partial charge in [-0.05, 0) is 29.8 Å². The first-order valence-electron chi connectivity index (χ1n) is 8.83. The minimum Gasteiger partial charge on any atom is -0.470 e. The molecule has 0 radical (unpaired) electrons. The summed E-state index contributed by atoms with van der Waals surface area (Å²) in [7, 11) is 1.55. The van der Waals surface area contributed by atoms with Gasteiger partial charge in [-0.25, -0.2) is 9.31 Å². The maximum absolute atomic E-state index is 11.5. The molecule has 0 saturated carbocycles. The zero-order valence-corrected chi connectivity index (χ0v) is 15.5. The molecule has 10 nitrogen and oxygen atoms in total. The maximum Gasteiger partial charge on any atom is 0.407 e. The van der Waals surface area contributed by atoms with Gasteiger partial charge >= 0.3 is 6.09 Å². The molecule has 0 aliphatic carbocycles. The van der Waals surface area contributed by atoms with Crippen LogP contribution in [-0.4, -0.2) is 63.3 Å². The quantitative estimate of drug-likeness (QED) is 0.680. The molecule has 1 saturated heterocycles. The van der Waals surface area contributed by atoms with Gasteiger partial charge in [-0.15, -0.1) is 0 Å². The van der Waals surface area contributed by atoms with E-state index in [0.29, 0.717) is 30.5 Å². The van der Waals surface area contributed by atoms with Crippen LogP contribution >= 0.6 is 0 Å². The Morgan fingerprint density at radius 3 is 3.04 bits per heavy atom. The molecule has 0 unspecified atom stereocenters. The zero-order valence-electron chi connectivity index (χ0n) is 15.5. The molecular weight excluding hydrogens is 366 g/mol. The Hall–Kier alpha value is -3.27. The number of likely N-dealkylation sites (tertiary alicyclic amines) is 1. The molecule has 1 aliphatic rings. The average molecular weight is 387 g/mol. The minimum absolute atomic E-state index is 0.243. The number of nitrogens with zero attached hydrogens (tertiary/aromatic N) is 4. The van der Waals surface area contributed by atoms with Crippen molar-refractivity contribution < 1.29 is 23.9 Å². The van der Waals surface area contributed by atoms with Crippen molar-refractivity contribution in [1.82, 2.24) is 19.7 Å². The third kappa shape index (κ3) is 3.22. The Morgan fingerprint density at radius 1 is 1.46 bits per heavy atom. The van der Waals surface area contributed by atoms with Crippen LogP contribution in [0.25, 0.3) is 16.6 Å². The average Bonchev–Trinajstić information content (AvgIpc) is 3.31. The monoisotopic (exact) mass is 387 g/mol. The number of hydrogen-bond acceptors (Lipinski definition) is 7. The van der Waals surface area contributed by atoms with Crippen LogP contribution in [0.2, 0.25) is 0 Å². The molecule has 1 amide bonds. The fourth-order valence-corrected chi connectivity index (χ4v) is 3.63. The molecule has 4 heterocycles. The predicted molar refractivity (Wildman–Crippen MR) is 99.3 cm³/mol. The number of hydrogen-bond donors (Lipinski definition) is 2. The van der Waals surface area contributed by atoms with Crippen molar-refractivity contribution in [2.24, 2.45) is 0 Å². The summed E-state index contributed by atoms with van der Waals surface area (Å²) in [6.45, 7) is 2.36. The third-order valence-corrected chi connectivity index (χ3v) is 4.86. The number of rotatable bonds is 5. The second kappa shape index (κ2) is 7.04. The summed E-state index contributed by atoms with van der Waals surface area (Å²) in [6, 6.07) is 5.30. The molecule has 3 N–H and O–H groups in total. The number of methoxy groups -OCH3 is 1. The molecule has 2 atom stereocenters. The van der Waals surface area contributed by atoms with E-state index in [1.807, 2.05) is 12.1 Å². The number of carbonyl (C=O) groups is 1. The first-order valence-corrected chi connectivity index (χ1v) is 8.83. The number of aromatic nitrogens is 3. The molecule has 1 aliphatic heterocycles. The lowest BCUT2D eigenvalue weighted by atomic mass is 10.1. The summed E-state index contributed by atoms with van der Waals surface area (Å²) in [6.07, 6.45) is 0.986. The van der Waals surface area contributed by atoms with Gasteiger partial charge in [0.05, 0.1) is 30.3 Å². The molecule has 1 fully saturated rings. The van der Waals surface area contributed by atoms with E-state index >= 15 is 0 Å². The van der Waals surface area contributed by atoms with E-state index in [-0.39, 0.29) is 18.7 Å². The highest BCUT2D eigenvalue weighted by Crippen LogP contribution is 2.35. The molecule has 3 aromatic heterocycles. The van der Waals surface area contributed by atoms with Crippen molar-refractivity contribution in [3.63, 3.8) is 0 Å². The molecule has 0 bridgehead atoms. The summed E-state index contributed by atoms with van der Waals surface area (Å²) in [5, 5.41) is 17.6. The Balaban J connectivity index is 1.60. The van der Waals surface area contributed by atoms with Gasteiger partial charge in [-0.1, -0.05) is 0 Å². The molecule has 148 valence electrons. The van der Waals surface area contributed by atoms with Gasteiger partial charge in [0.15, 0.2) is 0 Å². The fraction of sp³-hybridized carbons (Fsp3) is 0.389. The van der Waals surface area contributed by atoms with Gasteiger partial charge in [0.1, 0.15) is 17.7 Å². The molecular formula is C18H21N5O5. The van der Waals surface area contributed by atoms with Gasteiger partial charge in [0.25, 0.3) is 5.88 Å². The van der Waals surface area contributed by atoms with E-state index in [1.54, 1.807) is 30.8 Å². The summed E-state index contributed by atoms with van der Waals surface area (Å²) in [4.78, 5) is 12.8. The van der Waals surface area contributed by atoms with Crippen LogP contribution in [0.3, 0.4) is 0 Å². The van der Waals surface area contributed by atoms with E-state index < -0.39 is 6.09 Å². The molecule has 0 aromatic carbocycles. The molecule has 0 spiro atoms. The Morgan fingerprint density at radius 2 is 2.29 bits per heavy atom. The summed E-state index contributed by atoms with van der Waals surface area (Å²) in [5.41, 5.74) is 8.16. The highest BCUT2D eigenvalue weighted by molar-refractivity contribution is 5.74. The highest BCUT2D eigenvalue weighted by Gasteiger charge is 2.37. The lowest BCUT2D eigenvalue weighted by Gasteiger charge is -2.19. The number of amides is 1. The Kier molecular flexibility index (Phi) is 4.55. The summed E-state index contributed by atoms with van der Waals surface area (Å²) < 4.78 is 18.2. The van der Waals surface area contributed by atoms with E-state index in [9.17, 15) is 9.90 Å². The third-order valence-electron chi connectivity index (χ3n) is 4.86. The molecule has 3 aromatic rings. The summed E-state index contributed by atoms with van der Waals surface area (Å²) >= 11 is 0. The van der Waals surface area contributed by atoms with Crippen molar-refractivity contribution in [1.29, 1.82) is 0 Å². The number of nitrogens with two attached hydrogens (primary N) is 1. The van der Waals surface area contributed by atoms with Gasteiger partial charge in [-0.3, -0.25) is 4.90 Å². The second-order valence-corrected chi connectivity index (χ2v) is 6.79. The van der Waals surface area contributed by atoms with E-state index in [2.05, 4.69) is 10.3 Å². The van der Waals surface area contributed by atoms with Crippen LogP contribution in [0.15, 0.2) is 28.9 Å². The largest absolute Gasteiger partial charge is 0.470 e. The standard InChI is InChI=1S/C18H21N5O5/c1-10-16(11-3-4-23-12(5-11)7-15(19)20-23)17(21-28-10)27-14-6-13(9-26-2)22(8-14)18(24)25/h3-5,7,13-14H,6,8-9H2,1-2H3,(H2,19,20)(H,24,25)/t13-,14-/m0/s1. The normalized spacial score (nSPS) is 19.4. The van der Waals surface area contributed by atoms with Crippen molar-refractivity contribution in [3.05, 3.63) is 30.2 Å². The first kappa shape index (κ1) is 18.1. The van der Waals surface area contributed by atoms with Crippen LogP contribution < -0.4 is 10.5 Å². The number of anilines is 1. The molecule has 28 heavy (non-hydrogen) atoms. The van der Waals surface area contributed by atoms with Gasteiger partial charge < -0.3 is 24.8 Å². The Labute approximate surface area is 160 Å². The van der Waals surface area contributed by atoms with Crippen molar-refractivity contribution >= 4 is 17.4 Å². The van der Waals surface area contributed by atoms with Gasteiger partial charge in [-0.2, -0.15) is 5.10 Å². The van der Waals surface area contributed by atoms with Crippen molar-refractivity contribution in [2.45, 2.75) is 25.5 Å². The maximum atomic E-state index is 11.5. The lowest BCUT2D eigenvalue weighted by molar-refractivity contribution is 0.0986. The van der Waals surface area contributed by atoms with Gasteiger partial charge in [0, 0.05) is 25.8 Å². The van der Waals surface area contributed by atoms with E-state index in [0.717, 1.165) is 16.6 Å². The zero-order chi connectivity index (χ0) is 19.8. The Bertz CT molecular complexity index is 1010. The van der Waals surface area contributed by atoms with Crippen LogP contribution in [0, 0.1) is 6.92 Å². The van der Waals surface area contributed by atoms with E-state index in [4.69, 9.17) is 19.7 Å². The van der Waals surface area contributed by atoms with Crippen LogP contribution in [-0.2, 0) is 4.74 Å². The number of pyridine rings is 1. The highest BCUT2D eigenvalue weighted by atomic mass is 16.5. The summed E-state index contributed by atoms with van der Waals surface area (Å²) in [5.74, 6) is 1.37.